The molecule has 0 aromatic heterocycles. The molecule has 1 aromatic carbocycles. The molecular weight excluding hydrogens is 272 g/mol. The third-order valence-electron chi connectivity index (χ3n) is 3.60. The molecule has 0 bridgehead atoms. The Balaban J connectivity index is 2.40. The lowest BCUT2D eigenvalue weighted by Crippen LogP contribution is -2.39. The first-order chi connectivity index (χ1) is 8.93. The van der Waals surface area contributed by atoms with Gasteiger partial charge in [-0.1, -0.05) is 19.3 Å². The highest BCUT2D eigenvalue weighted by Crippen LogP contribution is 2.28. The highest BCUT2D eigenvalue weighted by molar-refractivity contribution is 7.92. The third kappa shape index (κ3) is 2.95. The average Bonchev–Trinajstić information content (AvgIpc) is 2.53. The minimum absolute atomic E-state index is 0.431. The molecular formula is C13H17F2NO2S. The predicted molar refractivity (Wildman–Crippen MR) is 68.4 cm³/mol. The second-order valence-electron chi connectivity index (χ2n) is 4.96. The first-order valence-electron chi connectivity index (χ1n) is 6.37. The van der Waals surface area contributed by atoms with Crippen LogP contribution < -0.4 is 5.73 Å². The fraction of sp³-hybridized carbons (Fsp3) is 0.538. The molecule has 6 heteroatoms. The van der Waals surface area contributed by atoms with Crippen molar-refractivity contribution < 1.29 is 17.2 Å². The van der Waals surface area contributed by atoms with Gasteiger partial charge in [-0.05, 0) is 25.0 Å². The Morgan fingerprint density at radius 2 is 1.79 bits per heavy atom. The quantitative estimate of drug-likeness (QED) is 0.672. The first kappa shape index (κ1) is 14.4. The molecule has 19 heavy (non-hydrogen) atoms. The standard InChI is InChI=1S/C13H17F2NO2S/c14-9-6-7-12(10(15)8-9)19(17,18)13-5-3-1-2-4-11(13)16/h6-8,11,13H,1-5,16H2. The molecule has 2 atom stereocenters. The van der Waals surface area contributed by atoms with Crippen molar-refractivity contribution in [3.8, 4) is 0 Å². The molecule has 106 valence electrons. The van der Waals surface area contributed by atoms with Gasteiger partial charge >= 0.3 is 0 Å². The lowest BCUT2D eigenvalue weighted by molar-refractivity contribution is 0.517. The van der Waals surface area contributed by atoms with E-state index >= 15 is 0 Å². The maximum atomic E-state index is 13.7. The van der Waals surface area contributed by atoms with Gasteiger partial charge in [-0.2, -0.15) is 0 Å². The van der Waals surface area contributed by atoms with Crippen LogP contribution in [0.3, 0.4) is 0 Å². The summed E-state index contributed by atoms with van der Waals surface area (Å²) < 4.78 is 51.4. The van der Waals surface area contributed by atoms with E-state index in [-0.39, 0.29) is 0 Å². The number of hydrogen-bond acceptors (Lipinski definition) is 3. The van der Waals surface area contributed by atoms with E-state index in [0.29, 0.717) is 18.9 Å². The number of benzene rings is 1. The van der Waals surface area contributed by atoms with E-state index in [1.165, 1.54) is 0 Å². The normalized spacial score (nSPS) is 25.0. The van der Waals surface area contributed by atoms with Crippen molar-refractivity contribution in [1.29, 1.82) is 0 Å². The molecule has 0 spiro atoms. The van der Waals surface area contributed by atoms with Gasteiger partial charge in [-0.3, -0.25) is 0 Å². The second-order valence-corrected chi connectivity index (χ2v) is 7.10. The molecule has 0 aliphatic heterocycles. The van der Waals surface area contributed by atoms with E-state index in [1.807, 2.05) is 0 Å². The summed E-state index contributed by atoms with van der Waals surface area (Å²) in [7, 11) is -3.85. The summed E-state index contributed by atoms with van der Waals surface area (Å²) in [5.41, 5.74) is 5.91. The Labute approximate surface area is 111 Å². The van der Waals surface area contributed by atoms with Gasteiger partial charge in [-0.15, -0.1) is 0 Å². The summed E-state index contributed by atoms with van der Waals surface area (Å²) in [4.78, 5) is -0.448. The zero-order chi connectivity index (χ0) is 14.0. The van der Waals surface area contributed by atoms with Crippen LogP contribution in [0, 0.1) is 11.6 Å². The van der Waals surface area contributed by atoms with Gasteiger partial charge < -0.3 is 5.73 Å². The van der Waals surface area contributed by atoms with Crippen LogP contribution in [0.2, 0.25) is 0 Å². The smallest absolute Gasteiger partial charge is 0.185 e. The fourth-order valence-corrected chi connectivity index (χ4v) is 4.54. The molecule has 2 rings (SSSR count). The topological polar surface area (TPSA) is 60.2 Å². The van der Waals surface area contributed by atoms with Gasteiger partial charge in [0, 0.05) is 12.1 Å². The Morgan fingerprint density at radius 3 is 2.47 bits per heavy atom. The average molecular weight is 289 g/mol. The molecule has 0 amide bonds. The summed E-state index contributed by atoms with van der Waals surface area (Å²) in [5.74, 6) is -1.84. The number of rotatable bonds is 2. The van der Waals surface area contributed by atoms with Gasteiger partial charge in [0.25, 0.3) is 0 Å². The van der Waals surface area contributed by atoms with Crippen molar-refractivity contribution >= 4 is 9.84 Å². The molecule has 2 N–H and O–H groups in total. The summed E-state index contributed by atoms with van der Waals surface area (Å²) >= 11 is 0. The Hall–Kier alpha value is -1.01. The van der Waals surface area contributed by atoms with Crippen LogP contribution in [0.25, 0.3) is 0 Å². The minimum Gasteiger partial charge on any atom is -0.327 e. The van der Waals surface area contributed by atoms with Crippen LogP contribution in [-0.4, -0.2) is 19.7 Å². The maximum Gasteiger partial charge on any atom is 0.185 e. The molecule has 3 nitrogen and oxygen atoms in total. The van der Waals surface area contributed by atoms with Gasteiger partial charge in [-0.25, -0.2) is 17.2 Å². The largest absolute Gasteiger partial charge is 0.327 e. The monoisotopic (exact) mass is 289 g/mol. The highest BCUT2D eigenvalue weighted by atomic mass is 32.2. The molecule has 0 saturated heterocycles. The molecule has 0 radical (unpaired) electrons. The van der Waals surface area contributed by atoms with Crippen LogP contribution >= 0.6 is 0 Å². The van der Waals surface area contributed by atoms with Crippen LogP contribution in [0.15, 0.2) is 23.1 Å². The van der Waals surface area contributed by atoms with Crippen LogP contribution in [0.5, 0.6) is 0 Å². The zero-order valence-electron chi connectivity index (χ0n) is 10.5. The van der Waals surface area contributed by atoms with Crippen molar-refractivity contribution in [1.82, 2.24) is 0 Å². The van der Waals surface area contributed by atoms with Crippen LogP contribution in [0.4, 0.5) is 8.78 Å². The van der Waals surface area contributed by atoms with Gasteiger partial charge in [0.15, 0.2) is 9.84 Å². The van der Waals surface area contributed by atoms with Crippen LogP contribution in [0.1, 0.15) is 32.1 Å². The second kappa shape index (κ2) is 5.54. The van der Waals surface area contributed by atoms with E-state index in [9.17, 15) is 17.2 Å². The SMILES string of the molecule is NC1CCCCCC1S(=O)(=O)c1ccc(F)cc1F. The number of hydrogen-bond donors (Lipinski definition) is 1. The molecule has 1 aliphatic rings. The van der Waals surface area contributed by atoms with E-state index in [1.54, 1.807) is 0 Å². The summed E-state index contributed by atoms with van der Waals surface area (Å²) in [5, 5.41) is -0.782. The maximum absolute atomic E-state index is 13.7. The van der Waals surface area contributed by atoms with E-state index in [0.717, 1.165) is 31.4 Å². The van der Waals surface area contributed by atoms with Crippen LogP contribution in [-0.2, 0) is 9.84 Å². The van der Waals surface area contributed by atoms with Crippen molar-refractivity contribution in [2.75, 3.05) is 0 Å². The highest BCUT2D eigenvalue weighted by Gasteiger charge is 2.35. The first-order valence-corrected chi connectivity index (χ1v) is 7.92. The minimum atomic E-state index is -3.85. The third-order valence-corrected chi connectivity index (χ3v) is 5.93. The molecule has 2 unspecified atom stereocenters. The summed E-state index contributed by atoms with van der Waals surface area (Å²) in [6.45, 7) is 0. The van der Waals surface area contributed by atoms with Gasteiger partial charge in [0.05, 0.1) is 5.25 Å². The molecule has 1 saturated carbocycles. The predicted octanol–water partition coefficient (Wildman–Crippen LogP) is 2.40. The van der Waals surface area contributed by atoms with Crippen molar-refractivity contribution in [2.45, 2.75) is 48.3 Å². The fourth-order valence-electron chi connectivity index (χ4n) is 2.56. The van der Waals surface area contributed by atoms with Crippen molar-refractivity contribution in [3.63, 3.8) is 0 Å². The number of halogens is 2. The van der Waals surface area contributed by atoms with E-state index < -0.39 is 37.7 Å². The van der Waals surface area contributed by atoms with Crippen molar-refractivity contribution in [2.24, 2.45) is 5.73 Å². The van der Waals surface area contributed by atoms with E-state index in [4.69, 9.17) is 5.73 Å². The van der Waals surface area contributed by atoms with E-state index in [2.05, 4.69) is 0 Å². The summed E-state index contributed by atoms with van der Waals surface area (Å²) in [6.07, 6.45) is 3.64. The van der Waals surface area contributed by atoms with Gasteiger partial charge in [0.1, 0.15) is 16.5 Å². The zero-order valence-corrected chi connectivity index (χ0v) is 11.3. The lowest BCUT2D eigenvalue weighted by Gasteiger charge is -2.21. The number of nitrogens with two attached hydrogens (primary N) is 1. The number of sulfone groups is 1. The van der Waals surface area contributed by atoms with Crippen molar-refractivity contribution in [3.05, 3.63) is 29.8 Å². The molecule has 1 fully saturated rings. The molecule has 1 aliphatic carbocycles. The Bertz CT molecular complexity index is 560. The molecule has 1 aromatic rings. The Kier molecular flexibility index (Phi) is 4.20. The molecule has 0 heterocycles. The Morgan fingerprint density at radius 1 is 1.11 bits per heavy atom. The lowest BCUT2D eigenvalue weighted by atomic mass is 10.1. The van der Waals surface area contributed by atoms with Gasteiger partial charge in [0.2, 0.25) is 0 Å². The summed E-state index contributed by atoms with van der Waals surface area (Å²) in [6, 6.07) is 2.04.